The Hall–Kier alpha value is -4.37. The molecule has 268 valence electrons. The molecule has 2 aromatic heterocycles. The lowest BCUT2D eigenvalue weighted by molar-refractivity contribution is 0.283. The smallest absolute Gasteiger partial charge is 0.160 e. The number of aromatic nitrogens is 6. The minimum absolute atomic E-state index is 0.112. The fourth-order valence-corrected chi connectivity index (χ4v) is 8.89. The topological polar surface area (TPSA) is 79.9 Å². The van der Waals surface area contributed by atoms with Crippen LogP contribution < -0.4 is 9.47 Å². The zero-order valence-corrected chi connectivity index (χ0v) is 33.1. The third kappa shape index (κ3) is 7.78. The van der Waals surface area contributed by atoms with E-state index >= 15 is 0 Å². The van der Waals surface area contributed by atoms with Crippen LogP contribution in [-0.2, 0) is 10.8 Å². The molecule has 0 saturated carbocycles. The Labute approximate surface area is 306 Å². The van der Waals surface area contributed by atoms with Gasteiger partial charge < -0.3 is 9.47 Å². The van der Waals surface area contributed by atoms with Crippen molar-refractivity contribution in [1.82, 2.24) is 30.0 Å². The van der Waals surface area contributed by atoms with Gasteiger partial charge in [0.15, 0.2) is 11.5 Å². The molecule has 2 heterocycles. The maximum atomic E-state index is 6.27. The summed E-state index contributed by atoms with van der Waals surface area (Å²) in [7, 11) is 3.44. The van der Waals surface area contributed by atoms with Gasteiger partial charge in [-0.05, 0) is 94.2 Å². The minimum Gasteiger partial charge on any atom is -0.493 e. The molecule has 0 radical (unpaired) electrons. The lowest BCUT2D eigenvalue weighted by Crippen LogP contribution is -2.25. The summed E-state index contributed by atoms with van der Waals surface area (Å²) >= 11 is 1.63. The Kier molecular flexibility index (Phi) is 9.51. The molecule has 0 aliphatic heterocycles. The van der Waals surface area contributed by atoms with Crippen LogP contribution in [0.15, 0.2) is 82.6 Å². The van der Waals surface area contributed by atoms with Gasteiger partial charge in [-0.3, -0.25) is 0 Å². The van der Waals surface area contributed by atoms with E-state index in [0.717, 1.165) is 56.1 Å². The first-order chi connectivity index (χ1) is 23.9. The number of ether oxygens (including phenoxy) is 2. The number of rotatable bonds is 10. The second-order valence-electron chi connectivity index (χ2n) is 17.4. The van der Waals surface area contributed by atoms with Crippen LogP contribution in [0.4, 0.5) is 0 Å². The molecule has 0 bridgehead atoms. The number of hydrogen-bond donors (Lipinski definition) is 0. The molecule has 0 fully saturated rings. The van der Waals surface area contributed by atoms with Crippen molar-refractivity contribution in [2.45, 2.75) is 103 Å². The van der Waals surface area contributed by atoms with Gasteiger partial charge in [-0.15, -0.1) is 30.0 Å². The van der Waals surface area contributed by atoms with Gasteiger partial charge >= 0.3 is 0 Å². The highest BCUT2D eigenvalue weighted by Gasteiger charge is 2.33. The molecule has 6 rings (SSSR count). The number of nitrogens with zero attached hydrogens (tertiary/aromatic N) is 6. The van der Waals surface area contributed by atoms with Crippen molar-refractivity contribution in [3.63, 3.8) is 0 Å². The third-order valence-corrected chi connectivity index (χ3v) is 10.3. The van der Waals surface area contributed by atoms with Crippen molar-refractivity contribution in [2.24, 2.45) is 10.8 Å². The van der Waals surface area contributed by atoms with Crippen LogP contribution in [0, 0.1) is 10.8 Å². The van der Waals surface area contributed by atoms with E-state index in [1.807, 2.05) is 48.5 Å². The highest BCUT2D eigenvalue weighted by atomic mass is 32.2. The SMILES string of the molecule is COc1c(Sc2cc(C(C)(C)CC(C)(C)C)cc(-n3nc4ccccc4n3)c2OC)cc(C(C)(C)CC(C)(C)C)cc1-n1nc2ccccc2n1. The fraction of sp³-hybridized carbons (Fsp3) is 0.429. The molecule has 51 heavy (non-hydrogen) atoms. The predicted octanol–water partition coefficient (Wildman–Crippen LogP) is 10.8. The van der Waals surface area contributed by atoms with Gasteiger partial charge in [0.05, 0.1) is 24.0 Å². The highest BCUT2D eigenvalue weighted by molar-refractivity contribution is 7.99. The summed E-state index contributed by atoms with van der Waals surface area (Å²) in [4.78, 5) is 5.33. The number of fused-ring (bicyclic) bond motifs is 2. The van der Waals surface area contributed by atoms with E-state index in [4.69, 9.17) is 29.9 Å². The maximum Gasteiger partial charge on any atom is 0.160 e. The van der Waals surface area contributed by atoms with Crippen molar-refractivity contribution in [3.8, 4) is 22.9 Å². The lowest BCUT2D eigenvalue weighted by atomic mass is 9.72. The zero-order chi connectivity index (χ0) is 36.9. The molecule has 0 amide bonds. The van der Waals surface area contributed by atoms with Gasteiger partial charge in [-0.25, -0.2) is 0 Å². The van der Waals surface area contributed by atoms with Crippen LogP contribution in [0.1, 0.15) is 93.2 Å². The molecular formula is C42H52N6O2S. The summed E-state index contributed by atoms with van der Waals surface area (Å²) in [5.74, 6) is 1.39. The molecule has 0 N–H and O–H groups in total. The van der Waals surface area contributed by atoms with Gasteiger partial charge in [-0.2, -0.15) is 0 Å². The quantitative estimate of drug-likeness (QED) is 0.140. The van der Waals surface area contributed by atoms with Gasteiger partial charge in [0.25, 0.3) is 0 Å². The van der Waals surface area contributed by atoms with Crippen LogP contribution in [-0.4, -0.2) is 44.2 Å². The largest absolute Gasteiger partial charge is 0.493 e. The summed E-state index contributed by atoms with van der Waals surface area (Å²) < 4.78 is 12.5. The molecule has 8 nitrogen and oxygen atoms in total. The second-order valence-corrected chi connectivity index (χ2v) is 18.4. The first kappa shape index (κ1) is 36.4. The molecule has 4 aromatic carbocycles. The number of hydrogen-bond acceptors (Lipinski definition) is 7. The Morgan fingerprint density at radius 3 is 1.10 bits per heavy atom. The van der Waals surface area contributed by atoms with Crippen molar-refractivity contribution in [3.05, 3.63) is 83.9 Å². The molecular weight excluding hydrogens is 653 g/mol. The first-order valence-electron chi connectivity index (χ1n) is 17.7. The van der Waals surface area contributed by atoms with E-state index in [0.29, 0.717) is 11.5 Å². The number of methoxy groups -OCH3 is 2. The van der Waals surface area contributed by atoms with E-state index in [1.165, 1.54) is 11.1 Å². The highest BCUT2D eigenvalue weighted by Crippen LogP contribution is 2.49. The molecule has 9 heteroatoms. The van der Waals surface area contributed by atoms with Crippen molar-refractivity contribution in [2.75, 3.05) is 14.2 Å². The Balaban J connectivity index is 1.60. The minimum atomic E-state index is -0.161. The van der Waals surface area contributed by atoms with Crippen LogP contribution in [0.2, 0.25) is 0 Å². The summed E-state index contributed by atoms with van der Waals surface area (Å²) in [6, 6.07) is 24.8. The molecule has 6 aromatic rings. The first-order valence-corrected chi connectivity index (χ1v) is 18.5. The van der Waals surface area contributed by atoms with Crippen LogP contribution in [0.3, 0.4) is 0 Å². The molecule has 0 saturated heterocycles. The van der Waals surface area contributed by atoms with Gasteiger partial charge in [0, 0.05) is 0 Å². The summed E-state index contributed by atoms with van der Waals surface area (Å²) in [5.41, 5.74) is 7.15. The maximum absolute atomic E-state index is 6.27. The Morgan fingerprint density at radius 2 is 0.824 bits per heavy atom. The molecule has 0 unspecified atom stereocenters. The number of benzene rings is 4. The van der Waals surface area contributed by atoms with E-state index in [2.05, 4.69) is 93.5 Å². The fourth-order valence-electron chi connectivity index (χ4n) is 7.72. The van der Waals surface area contributed by atoms with Crippen LogP contribution in [0.5, 0.6) is 11.5 Å². The second kappa shape index (κ2) is 13.3. The predicted molar refractivity (Wildman–Crippen MR) is 209 cm³/mol. The van der Waals surface area contributed by atoms with Crippen molar-refractivity contribution >= 4 is 33.8 Å². The van der Waals surface area contributed by atoms with Crippen molar-refractivity contribution < 1.29 is 9.47 Å². The average molecular weight is 705 g/mol. The van der Waals surface area contributed by atoms with Gasteiger partial charge in [0.2, 0.25) is 0 Å². The summed E-state index contributed by atoms with van der Waals surface area (Å²) in [6.45, 7) is 23.0. The Morgan fingerprint density at radius 1 is 0.510 bits per heavy atom. The van der Waals surface area contributed by atoms with E-state index in [9.17, 15) is 0 Å². The standard InChI is InChI=1S/C42H52N6O2S/c1-39(2,3)25-41(7,8)27-21-33(47-43-29-17-13-14-18-30(29)44-47)37(49-11)35(23-27)51-36-24-28(42(9,10)26-40(4,5)6)22-34(38(36)50-12)48-45-31-19-15-16-20-32(31)46-48/h13-24H,25-26H2,1-12H3. The van der Waals surface area contributed by atoms with E-state index in [1.54, 1.807) is 35.6 Å². The summed E-state index contributed by atoms with van der Waals surface area (Å²) in [5, 5.41) is 19.6. The zero-order valence-electron chi connectivity index (χ0n) is 32.3. The Bertz CT molecular complexity index is 1980. The average Bonchev–Trinajstić information content (AvgIpc) is 3.66. The molecule has 0 aliphatic carbocycles. The van der Waals surface area contributed by atoms with E-state index < -0.39 is 0 Å². The monoisotopic (exact) mass is 704 g/mol. The van der Waals surface area contributed by atoms with E-state index in [-0.39, 0.29) is 21.7 Å². The van der Waals surface area contributed by atoms with Gasteiger partial charge in [0.1, 0.15) is 33.4 Å². The summed E-state index contributed by atoms with van der Waals surface area (Å²) in [6.07, 6.45) is 1.96. The van der Waals surface area contributed by atoms with Gasteiger partial charge in [-0.1, -0.05) is 105 Å². The van der Waals surface area contributed by atoms with Crippen molar-refractivity contribution in [1.29, 1.82) is 0 Å². The normalized spacial score (nSPS) is 12.9. The molecule has 0 aliphatic rings. The molecule has 0 spiro atoms. The lowest BCUT2D eigenvalue weighted by Gasteiger charge is -2.34. The third-order valence-electron chi connectivity index (χ3n) is 9.21. The van der Waals surface area contributed by atoms with Crippen LogP contribution in [0.25, 0.3) is 33.4 Å². The molecule has 0 atom stereocenters. The van der Waals surface area contributed by atoms with Crippen LogP contribution >= 0.6 is 11.8 Å².